The number of ether oxygens (including phenoxy) is 3. The van der Waals surface area contributed by atoms with Crippen molar-refractivity contribution < 1.29 is 28.6 Å². The Labute approximate surface area is 204 Å². The number of oxazole rings is 1. The molecule has 1 fully saturated rings. The molecule has 2 aromatic carbocycles. The van der Waals surface area contributed by atoms with E-state index in [1.54, 1.807) is 33.2 Å². The molecule has 1 aliphatic heterocycles. The zero-order chi connectivity index (χ0) is 24.9. The number of carbonyl (C=O) groups is 1. The predicted octanol–water partition coefficient (Wildman–Crippen LogP) is 5.04. The Bertz CT molecular complexity index is 1150. The number of hydroxylamine groups is 2. The van der Waals surface area contributed by atoms with Crippen LogP contribution in [0.2, 0.25) is 0 Å². The lowest BCUT2D eigenvalue weighted by molar-refractivity contribution is -0.0543. The summed E-state index contributed by atoms with van der Waals surface area (Å²) in [6.07, 6.45) is 1.37. The minimum atomic E-state index is -0.374. The summed E-state index contributed by atoms with van der Waals surface area (Å²) in [6.45, 7) is 3.01. The highest BCUT2D eigenvalue weighted by Gasteiger charge is 2.30. The monoisotopic (exact) mass is 481 g/mol. The molecule has 9 heteroatoms. The van der Waals surface area contributed by atoms with Gasteiger partial charge < -0.3 is 23.5 Å². The molecule has 4 rings (SSSR count). The maximum absolute atomic E-state index is 12.3. The van der Waals surface area contributed by atoms with Gasteiger partial charge in [0.15, 0.2) is 11.7 Å². The number of rotatable bonds is 7. The van der Waals surface area contributed by atoms with E-state index in [1.165, 1.54) is 0 Å². The average Bonchev–Trinajstić information content (AvgIpc) is 3.37. The third-order valence-electron chi connectivity index (χ3n) is 6.30. The number of nitrogens with zero attached hydrogens (tertiary/aromatic N) is 3. The summed E-state index contributed by atoms with van der Waals surface area (Å²) in [5.74, 6) is 3.32. The van der Waals surface area contributed by atoms with E-state index >= 15 is 0 Å². The third kappa shape index (κ3) is 5.05. The molecule has 2 amide bonds. The van der Waals surface area contributed by atoms with Crippen molar-refractivity contribution in [2.24, 2.45) is 0 Å². The summed E-state index contributed by atoms with van der Waals surface area (Å²) >= 11 is 0. The summed E-state index contributed by atoms with van der Waals surface area (Å²) in [7, 11) is 4.85. The van der Waals surface area contributed by atoms with Gasteiger partial charge in [0.05, 0.1) is 26.9 Å². The van der Waals surface area contributed by atoms with Crippen molar-refractivity contribution in [1.29, 1.82) is 0 Å². The van der Waals surface area contributed by atoms with Gasteiger partial charge in [0.25, 0.3) is 0 Å². The van der Waals surface area contributed by atoms with Crippen molar-refractivity contribution in [3.05, 3.63) is 48.4 Å². The van der Waals surface area contributed by atoms with E-state index in [1.807, 2.05) is 42.5 Å². The molecular weight excluding hydrogens is 450 g/mol. The van der Waals surface area contributed by atoms with Gasteiger partial charge in [-0.25, -0.2) is 14.8 Å². The molecule has 0 atom stereocenters. The molecule has 1 saturated heterocycles. The van der Waals surface area contributed by atoms with Gasteiger partial charge in [0, 0.05) is 37.2 Å². The van der Waals surface area contributed by atoms with Crippen molar-refractivity contribution in [3.63, 3.8) is 0 Å². The van der Waals surface area contributed by atoms with Crippen LogP contribution in [0.25, 0.3) is 22.6 Å². The molecule has 1 N–H and O–H groups in total. The Hall–Kier alpha value is -3.72. The van der Waals surface area contributed by atoms with Crippen molar-refractivity contribution in [2.45, 2.75) is 25.7 Å². The van der Waals surface area contributed by atoms with Gasteiger partial charge in [0.2, 0.25) is 0 Å². The second-order valence-corrected chi connectivity index (χ2v) is 8.28. The van der Waals surface area contributed by atoms with Gasteiger partial charge in [-0.05, 0) is 56.2 Å². The first-order chi connectivity index (χ1) is 17.0. The van der Waals surface area contributed by atoms with Crippen LogP contribution in [0, 0.1) is 0 Å². The Morgan fingerprint density at radius 1 is 1.06 bits per heavy atom. The molecule has 9 nitrogen and oxygen atoms in total. The smallest absolute Gasteiger partial charge is 0.343 e. The van der Waals surface area contributed by atoms with Gasteiger partial charge in [0.1, 0.15) is 22.9 Å². The van der Waals surface area contributed by atoms with Crippen LogP contribution >= 0.6 is 0 Å². The maximum atomic E-state index is 12.3. The molecule has 3 aromatic rings. The van der Waals surface area contributed by atoms with Crippen LogP contribution in [-0.2, 0) is 0 Å². The largest absolute Gasteiger partial charge is 0.497 e. The van der Waals surface area contributed by atoms with Crippen molar-refractivity contribution >= 4 is 6.03 Å². The molecule has 0 saturated carbocycles. The highest BCUT2D eigenvalue weighted by Crippen LogP contribution is 2.42. The fraction of sp³-hybridized carbons (Fsp3) is 0.385. The van der Waals surface area contributed by atoms with Gasteiger partial charge in [-0.1, -0.05) is 0 Å². The molecule has 35 heavy (non-hydrogen) atoms. The van der Waals surface area contributed by atoms with Gasteiger partial charge >= 0.3 is 6.03 Å². The summed E-state index contributed by atoms with van der Waals surface area (Å²) in [4.78, 5) is 18.9. The van der Waals surface area contributed by atoms with E-state index in [4.69, 9.17) is 23.6 Å². The summed E-state index contributed by atoms with van der Waals surface area (Å²) in [5.41, 5.74) is 2.36. The highest BCUT2D eigenvalue weighted by molar-refractivity contribution is 5.81. The number of hydrogen-bond acceptors (Lipinski definition) is 7. The van der Waals surface area contributed by atoms with E-state index < -0.39 is 0 Å². The fourth-order valence-corrected chi connectivity index (χ4v) is 4.24. The Morgan fingerprint density at radius 3 is 2.31 bits per heavy atom. The number of aromatic nitrogens is 1. The molecule has 0 radical (unpaired) electrons. The Kier molecular flexibility index (Phi) is 7.45. The van der Waals surface area contributed by atoms with E-state index in [9.17, 15) is 10.0 Å². The molecule has 0 aliphatic carbocycles. The normalized spacial score (nSPS) is 14.0. The number of piperidine rings is 1. The second-order valence-electron chi connectivity index (χ2n) is 8.28. The maximum Gasteiger partial charge on any atom is 0.343 e. The number of urea groups is 1. The van der Waals surface area contributed by atoms with Crippen LogP contribution in [0.15, 0.2) is 46.9 Å². The highest BCUT2D eigenvalue weighted by atomic mass is 16.5. The molecular formula is C26H31N3O6. The predicted molar refractivity (Wildman–Crippen MR) is 130 cm³/mol. The number of methoxy groups -OCH3 is 3. The SMILES string of the molecule is CCN(O)C(=O)N1CCC(c2nc(-c3ccc(OC)cc3)c(-c3ccc(OC)cc3OC)o2)CC1. The van der Waals surface area contributed by atoms with E-state index in [0.717, 1.165) is 21.9 Å². The summed E-state index contributed by atoms with van der Waals surface area (Å²) < 4.78 is 22.7. The molecule has 2 heterocycles. The summed E-state index contributed by atoms with van der Waals surface area (Å²) in [6, 6.07) is 12.9. The third-order valence-corrected chi connectivity index (χ3v) is 6.30. The lowest BCUT2D eigenvalue weighted by Crippen LogP contribution is -2.45. The van der Waals surface area contributed by atoms with Crippen LogP contribution < -0.4 is 14.2 Å². The minimum absolute atomic E-state index is 0.0443. The van der Waals surface area contributed by atoms with Gasteiger partial charge in [-0.3, -0.25) is 5.21 Å². The van der Waals surface area contributed by atoms with Crippen LogP contribution in [0.5, 0.6) is 17.2 Å². The average molecular weight is 482 g/mol. The molecule has 186 valence electrons. The number of amides is 2. The molecule has 0 spiro atoms. The summed E-state index contributed by atoms with van der Waals surface area (Å²) in [5, 5.41) is 10.5. The Balaban J connectivity index is 1.69. The molecule has 1 aromatic heterocycles. The molecule has 0 bridgehead atoms. The lowest BCUT2D eigenvalue weighted by atomic mass is 9.97. The zero-order valence-corrected chi connectivity index (χ0v) is 20.5. The number of carbonyl (C=O) groups excluding carboxylic acids is 1. The van der Waals surface area contributed by atoms with Crippen LogP contribution in [0.1, 0.15) is 31.6 Å². The number of likely N-dealkylation sites (tertiary alicyclic amines) is 1. The van der Waals surface area contributed by atoms with E-state index in [-0.39, 0.29) is 18.5 Å². The number of hydrogen-bond donors (Lipinski definition) is 1. The lowest BCUT2D eigenvalue weighted by Gasteiger charge is -2.32. The first kappa shape index (κ1) is 24.4. The molecule has 0 unspecified atom stereocenters. The van der Waals surface area contributed by atoms with Crippen LogP contribution in [0.3, 0.4) is 0 Å². The van der Waals surface area contributed by atoms with E-state index in [0.29, 0.717) is 54.8 Å². The molecule has 1 aliphatic rings. The fourth-order valence-electron chi connectivity index (χ4n) is 4.24. The standard InChI is InChI=1S/C26H31N3O6/c1-5-29(31)26(30)28-14-12-18(13-15-28)25-27-23(17-6-8-19(32-2)9-7-17)24(35-25)21-11-10-20(33-3)16-22(21)34-4/h6-11,16,18,31H,5,12-15H2,1-4H3. The Morgan fingerprint density at radius 2 is 1.71 bits per heavy atom. The minimum Gasteiger partial charge on any atom is -0.497 e. The van der Waals surface area contributed by atoms with E-state index in [2.05, 4.69) is 0 Å². The number of benzene rings is 2. The van der Waals surface area contributed by atoms with Crippen molar-refractivity contribution in [1.82, 2.24) is 14.9 Å². The zero-order valence-electron chi connectivity index (χ0n) is 20.5. The van der Waals surface area contributed by atoms with Crippen molar-refractivity contribution in [3.8, 4) is 39.8 Å². The van der Waals surface area contributed by atoms with Crippen molar-refractivity contribution in [2.75, 3.05) is 41.0 Å². The first-order valence-corrected chi connectivity index (χ1v) is 11.6. The van der Waals surface area contributed by atoms with Gasteiger partial charge in [-0.2, -0.15) is 0 Å². The van der Waals surface area contributed by atoms with Gasteiger partial charge in [-0.15, -0.1) is 0 Å². The second kappa shape index (κ2) is 10.7. The quantitative estimate of drug-likeness (QED) is 0.373. The van der Waals surface area contributed by atoms with Crippen LogP contribution in [-0.4, -0.2) is 67.1 Å². The first-order valence-electron chi connectivity index (χ1n) is 11.6. The topological polar surface area (TPSA) is 97.5 Å². The van der Waals surface area contributed by atoms with Crippen LogP contribution in [0.4, 0.5) is 4.79 Å².